The van der Waals surface area contributed by atoms with Crippen LogP contribution < -0.4 is 5.32 Å². The second kappa shape index (κ2) is 3.59. The van der Waals surface area contributed by atoms with E-state index in [4.69, 9.17) is 0 Å². The van der Waals surface area contributed by atoms with Gasteiger partial charge in [0.15, 0.2) is 0 Å². The van der Waals surface area contributed by atoms with E-state index >= 15 is 0 Å². The van der Waals surface area contributed by atoms with E-state index in [1.807, 2.05) is 20.8 Å². The molecule has 0 fully saturated rings. The van der Waals surface area contributed by atoms with Crippen molar-refractivity contribution < 1.29 is 4.79 Å². The smallest absolute Gasteiger partial charge is 0.230 e. The zero-order valence-electron chi connectivity index (χ0n) is 9.39. The zero-order chi connectivity index (χ0) is 11.1. The minimum Gasteiger partial charge on any atom is -0.316 e. The van der Waals surface area contributed by atoms with Crippen LogP contribution in [0.1, 0.15) is 38.4 Å². The maximum absolute atomic E-state index is 11.8. The van der Waals surface area contributed by atoms with Gasteiger partial charge in [-0.2, -0.15) is 4.37 Å². The van der Waals surface area contributed by atoms with E-state index < -0.39 is 0 Å². The largest absolute Gasteiger partial charge is 0.316 e. The number of rotatable bonds is 1. The van der Waals surface area contributed by atoms with Gasteiger partial charge in [0.25, 0.3) is 0 Å². The lowest BCUT2D eigenvalue weighted by Gasteiger charge is -2.16. The van der Waals surface area contributed by atoms with Crippen molar-refractivity contribution >= 4 is 22.4 Å². The fourth-order valence-corrected chi connectivity index (χ4v) is 2.49. The Bertz CT molecular complexity index is 390. The molecule has 1 heterocycles. The molecule has 1 aliphatic rings. The van der Waals surface area contributed by atoms with Gasteiger partial charge in [-0.3, -0.25) is 4.79 Å². The van der Waals surface area contributed by atoms with Gasteiger partial charge in [0.05, 0.1) is 5.69 Å². The van der Waals surface area contributed by atoms with Crippen molar-refractivity contribution in [3.63, 3.8) is 0 Å². The Balaban J connectivity index is 2.15. The molecule has 0 atom stereocenters. The highest BCUT2D eigenvalue weighted by Crippen LogP contribution is 2.32. The van der Waals surface area contributed by atoms with Crippen LogP contribution in [-0.2, 0) is 17.6 Å². The van der Waals surface area contributed by atoms with Crippen molar-refractivity contribution in [2.45, 2.75) is 40.0 Å². The monoisotopic (exact) mass is 224 g/mol. The number of fused-ring (bicyclic) bond motifs is 1. The summed E-state index contributed by atoms with van der Waals surface area (Å²) in [5.41, 5.74) is 2.11. The lowest BCUT2D eigenvalue weighted by Crippen LogP contribution is -2.27. The van der Waals surface area contributed by atoms with E-state index in [0.717, 1.165) is 17.8 Å². The SMILES string of the molecule is CC(C)(C)C(=O)Nc1snc2c1CCC2. The van der Waals surface area contributed by atoms with E-state index in [-0.39, 0.29) is 11.3 Å². The fraction of sp³-hybridized carbons (Fsp3) is 0.636. The maximum atomic E-state index is 11.8. The Hall–Kier alpha value is -0.900. The molecule has 0 saturated heterocycles. The molecule has 0 bridgehead atoms. The average Bonchev–Trinajstić information content (AvgIpc) is 2.67. The summed E-state index contributed by atoms with van der Waals surface area (Å²) < 4.78 is 4.36. The van der Waals surface area contributed by atoms with E-state index in [9.17, 15) is 4.79 Å². The highest BCUT2D eigenvalue weighted by atomic mass is 32.1. The summed E-state index contributed by atoms with van der Waals surface area (Å²) in [5, 5.41) is 3.94. The number of carbonyl (C=O) groups excluding carboxylic acids is 1. The van der Waals surface area contributed by atoms with Crippen molar-refractivity contribution in [3.8, 4) is 0 Å². The number of aryl methyl sites for hydroxylation is 1. The second-order valence-corrected chi connectivity index (χ2v) is 5.77. The minimum absolute atomic E-state index is 0.0702. The van der Waals surface area contributed by atoms with Crippen LogP contribution in [0.4, 0.5) is 5.00 Å². The van der Waals surface area contributed by atoms with Crippen LogP contribution in [0.15, 0.2) is 0 Å². The zero-order valence-corrected chi connectivity index (χ0v) is 10.2. The summed E-state index contributed by atoms with van der Waals surface area (Å²) in [7, 11) is 0. The summed E-state index contributed by atoms with van der Waals surface area (Å²) in [6.45, 7) is 5.76. The van der Waals surface area contributed by atoms with Gasteiger partial charge in [0.2, 0.25) is 5.91 Å². The van der Waals surface area contributed by atoms with Gasteiger partial charge < -0.3 is 5.32 Å². The van der Waals surface area contributed by atoms with Gasteiger partial charge in [-0.05, 0) is 30.8 Å². The molecule has 1 aromatic heterocycles. The molecular weight excluding hydrogens is 208 g/mol. The Labute approximate surface area is 94.1 Å². The van der Waals surface area contributed by atoms with Gasteiger partial charge in [-0.15, -0.1) is 0 Å². The third-order valence-corrected chi connectivity index (χ3v) is 3.46. The number of amides is 1. The van der Waals surface area contributed by atoms with E-state index in [1.165, 1.54) is 29.2 Å². The first-order chi connectivity index (χ1) is 6.98. The number of nitrogens with zero attached hydrogens (tertiary/aromatic N) is 1. The van der Waals surface area contributed by atoms with Crippen LogP contribution in [0.25, 0.3) is 0 Å². The Morgan fingerprint density at radius 3 is 2.80 bits per heavy atom. The molecule has 82 valence electrons. The number of carbonyl (C=O) groups is 1. The molecule has 1 amide bonds. The molecule has 2 rings (SSSR count). The first-order valence-corrected chi connectivity index (χ1v) is 6.04. The molecule has 4 heteroatoms. The molecule has 0 spiro atoms. The van der Waals surface area contributed by atoms with Crippen LogP contribution in [0.2, 0.25) is 0 Å². The molecule has 1 N–H and O–H groups in total. The third kappa shape index (κ3) is 2.04. The summed E-state index contributed by atoms with van der Waals surface area (Å²) >= 11 is 1.41. The summed E-state index contributed by atoms with van der Waals surface area (Å²) in [6.07, 6.45) is 3.30. The fourth-order valence-electron chi connectivity index (χ4n) is 1.62. The second-order valence-electron chi connectivity index (χ2n) is 4.99. The first-order valence-electron chi connectivity index (χ1n) is 5.27. The molecule has 15 heavy (non-hydrogen) atoms. The predicted molar refractivity (Wildman–Crippen MR) is 62.2 cm³/mol. The Morgan fingerprint density at radius 2 is 2.13 bits per heavy atom. The van der Waals surface area contributed by atoms with Crippen molar-refractivity contribution in [1.82, 2.24) is 4.37 Å². The molecule has 0 radical (unpaired) electrons. The number of nitrogens with one attached hydrogen (secondary N) is 1. The Kier molecular flexibility index (Phi) is 2.54. The van der Waals surface area contributed by atoms with Crippen LogP contribution in [0.3, 0.4) is 0 Å². The molecule has 1 aromatic rings. The lowest BCUT2D eigenvalue weighted by atomic mass is 9.96. The number of anilines is 1. The molecule has 0 unspecified atom stereocenters. The number of hydrogen-bond acceptors (Lipinski definition) is 3. The highest BCUT2D eigenvalue weighted by molar-refractivity contribution is 7.10. The summed E-state index contributed by atoms with van der Waals surface area (Å²) in [4.78, 5) is 11.8. The third-order valence-electron chi connectivity index (χ3n) is 2.62. The van der Waals surface area contributed by atoms with Crippen LogP contribution in [0, 0.1) is 5.41 Å². The lowest BCUT2D eigenvalue weighted by molar-refractivity contribution is -0.123. The van der Waals surface area contributed by atoms with Gasteiger partial charge in [-0.1, -0.05) is 20.8 Å². The first kappa shape index (κ1) is 10.6. The quantitative estimate of drug-likeness (QED) is 0.796. The molecule has 3 nitrogen and oxygen atoms in total. The van der Waals surface area contributed by atoms with Crippen molar-refractivity contribution in [2.24, 2.45) is 5.41 Å². The standard InChI is InChI=1S/C11H16N2OS/c1-11(2,3)10(14)12-9-7-5-4-6-8(7)13-15-9/h4-6H2,1-3H3,(H,12,14). The van der Waals surface area contributed by atoms with E-state index in [1.54, 1.807) is 0 Å². The maximum Gasteiger partial charge on any atom is 0.230 e. The van der Waals surface area contributed by atoms with Gasteiger partial charge in [0.1, 0.15) is 5.00 Å². The van der Waals surface area contributed by atoms with E-state index in [0.29, 0.717) is 0 Å². The van der Waals surface area contributed by atoms with Gasteiger partial charge in [-0.25, -0.2) is 0 Å². The summed E-state index contributed by atoms with van der Waals surface area (Å²) in [5.74, 6) is 0.0702. The number of aromatic nitrogens is 1. The average molecular weight is 224 g/mol. The van der Waals surface area contributed by atoms with Crippen LogP contribution >= 0.6 is 11.5 Å². The topological polar surface area (TPSA) is 42.0 Å². The summed E-state index contributed by atoms with van der Waals surface area (Å²) in [6, 6.07) is 0. The van der Waals surface area contributed by atoms with Crippen molar-refractivity contribution in [1.29, 1.82) is 0 Å². The molecule has 0 aromatic carbocycles. The number of hydrogen-bond donors (Lipinski definition) is 1. The van der Waals surface area contributed by atoms with Crippen LogP contribution in [-0.4, -0.2) is 10.3 Å². The van der Waals surface area contributed by atoms with Crippen molar-refractivity contribution in [3.05, 3.63) is 11.3 Å². The predicted octanol–water partition coefficient (Wildman–Crippen LogP) is 2.62. The van der Waals surface area contributed by atoms with Gasteiger partial charge in [0, 0.05) is 11.0 Å². The van der Waals surface area contributed by atoms with Crippen molar-refractivity contribution in [2.75, 3.05) is 5.32 Å². The Morgan fingerprint density at radius 1 is 1.40 bits per heavy atom. The highest BCUT2D eigenvalue weighted by Gasteiger charge is 2.25. The molecule has 1 aliphatic carbocycles. The van der Waals surface area contributed by atoms with Crippen LogP contribution in [0.5, 0.6) is 0 Å². The minimum atomic E-state index is -0.338. The normalized spacial score (nSPS) is 15.1. The molecule has 0 saturated carbocycles. The molecular formula is C11H16N2OS. The van der Waals surface area contributed by atoms with E-state index in [2.05, 4.69) is 9.69 Å². The molecule has 0 aliphatic heterocycles. The van der Waals surface area contributed by atoms with Gasteiger partial charge >= 0.3 is 0 Å².